The van der Waals surface area contributed by atoms with Crippen molar-refractivity contribution in [1.29, 1.82) is 0 Å². The average Bonchev–Trinajstić information content (AvgIpc) is 3.28. The van der Waals surface area contributed by atoms with Crippen LogP contribution in [0, 0.1) is 5.82 Å². The smallest absolute Gasteiger partial charge is 0.406 e. The molecular weight excluding hydrogens is 384 g/mol. The Morgan fingerprint density at radius 3 is 2.50 bits per heavy atom. The summed E-state index contributed by atoms with van der Waals surface area (Å²) in [7, 11) is 0. The monoisotopic (exact) mass is 404 g/mol. The van der Waals surface area contributed by atoms with Crippen molar-refractivity contribution in [3.63, 3.8) is 0 Å². The maximum absolute atomic E-state index is 14.0. The number of benzene rings is 1. The van der Waals surface area contributed by atoms with Gasteiger partial charge in [-0.15, -0.1) is 13.2 Å². The Labute approximate surface area is 158 Å². The van der Waals surface area contributed by atoms with E-state index >= 15 is 0 Å². The fourth-order valence-electron chi connectivity index (χ4n) is 3.28. The van der Waals surface area contributed by atoms with E-state index in [0.717, 1.165) is 25.0 Å². The van der Waals surface area contributed by atoms with Gasteiger partial charge in [0.25, 0.3) is 0 Å². The van der Waals surface area contributed by atoms with Crippen molar-refractivity contribution in [3.8, 4) is 5.75 Å². The lowest BCUT2D eigenvalue weighted by Gasteiger charge is -2.29. The number of hydrogen-bond donors (Lipinski definition) is 2. The van der Waals surface area contributed by atoms with Crippen molar-refractivity contribution < 1.29 is 31.9 Å². The van der Waals surface area contributed by atoms with Gasteiger partial charge in [-0.05, 0) is 25.3 Å². The second-order valence-electron chi connectivity index (χ2n) is 6.82. The van der Waals surface area contributed by atoms with E-state index < -0.39 is 30.0 Å². The van der Waals surface area contributed by atoms with E-state index in [0.29, 0.717) is 25.6 Å². The number of alkyl halides is 3. The molecular formula is C17H20F4N4O3. The molecule has 1 heterocycles. The Bertz CT molecular complexity index is 754. The van der Waals surface area contributed by atoms with Gasteiger partial charge in [0, 0.05) is 37.3 Å². The second kappa shape index (κ2) is 7.72. The molecule has 0 radical (unpaired) electrons. The zero-order chi connectivity index (χ0) is 20.5. The average molecular weight is 404 g/mol. The molecule has 2 fully saturated rings. The van der Waals surface area contributed by atoms with Gasteiger partial charge in [0.05, 0.1) is 6.04 Å². The number of ether oxygens (including phenoxy) is 1. The SMILES string of the molecule is NC(=O)N1CCC(N(C(=O)NCc2ccc(OC(F)(F)F)cc2F)C2CC2)C1. The Morgan fingerprint density at radius 1 is 1.25 bits per heavy atom. The molecule has 1 saturated heterocycles. The number of nitrogens with one attached hydrogen (secondary N) is 1. The Hall–Kier alpha value is -2.72. The third-order valence-electron chi connectivity index (χ3n) is 4.73. The number of halogens is 4. The minimum Gasteiger partial charge on any atom is -0.406 e. The van der Waals surface area contributed by atoms with Crippen LogP contribution in [0.1, 0.15) is 24.8 Å². The maximum atomic E-state index is 14.0. The van der Waals surface area contributed by atoms with Gasteiger partial charge in [-0.1, -0.05) is 6.07 Å². The van der Waals surface area contributed by atoms with Crippen LogP contribution in [0.25, 0.3) is 0 Å². The predicted octanol–water partition coefficient (Wildman–Crippen LogP) is 2.55. The summed E-state index contributed by atoms with van der Waals surface area (Å²) >= 11 is 0. The van der Waals surface area contributed by atoms with Gasteiger partial charge < -0.3 is 25.6 Å². The molecule has 1 atom stereocenters. The standard InChI is InChI=1S/C17H20F4N4O3/c18-14-7-13(28-17(19,20)21)4-1-10(14)8-23-16(27)25(11-2-3-11)12-5-6-24(9-12)15(22)26/h1,4,7,11-12H,2-3,5-6,8-9H2,(H2,22,26)(H,23,27). The summed E-state index contributed by atoms with van der Waals surface area (Å²) in [6.45, 7) is 0.620. The van der Waals surface area contributed by atoms with Crippen LogP contribution in [0.5, 0.6) is 5.75 Å². The van der Waals surface area contributed by atoms with Crippen molar-refractivity contribution in [1.82, 2.24) is 15.1 Å². The number of nitrogens with two attached hydrogens (primary N) is 1. The summed E-state index contributed by atoms with van der Waals surface area (Å²) in [5, 5.41) is 2.60. The van der Waals surface area contributed by atoms with Crippen molar-refractivity contribution in [3.05, 3.63) is 29.6 Å². The highest BCUT2D eigenvalue weighted by Crippen LogP contribution is 2.31. The molecule has 2 aliphatic rings. The molecule has 1 aliphatic carbocycles. The van der Waals surface area contributed by atoms with Gasteiger partial charge in [-0.2, -0.15) is 0 Å². The van der Waals surface area contributed by atoms with Crippen LogP contribution >= 0.6 is 0 Å². The van der Waals surface area contributed by atoms with E-state index in [1.807, 2.05) is 0 Å². The van der Waals surface area contributed by atoms with Crippen molar-refractivity contribution in [2.45, 2.75) is 44.3 Å². The highest BCUT2D eigenvalue weighted by atomic mass is 19.4. The van der Waals surface area contributed by atoms with Crippen LogP contribution in [-0.4, -0.2) is 53.4 Å². The van der Waals surface area contributed by atoms with Crippen molar-refractivity contribution in [2.24, 2.45) is 5.73 Å². The molecule has 0 spiro atoms. The summed E-state index contributed by atoms with van der Waals surface area (Å²) in [5.41, 5.74) is 5.31. The van der Waals surface area contributed by atoms with E-state index in [-0.39, 0.29) is 24.2 Å². The molecule has 1 aromatic carbocycles. The van der Waals surface area contributed by atoms with E-state index in [2.05, 4.69) is 10.1 Å². The lowest BCUT2D eigenvalue weighted by molar-refractivity contribution is -0.274. The molecule has 28 heavy (non-hydrogen) atoms. The first-order chi connectivity index (χ1) is 13.1. The molecule has 0 aromatic heterocycles. The maximum Gasteiger partial charge on any atom is 0.573 e. The van der Waals surface area contributed by atoms with E-state index in [9.17, 15) is 27.2 Å². The number of carbonyl (C=O) groups excluding carboxylic acids is 2. The molecule has 1 aromatic rings. The van der Waals surface area contributed by atoms with Crippen molar-refractivity contribution in [2.75, 3.05) is 13.1 Å². The highest BCUT2D eigenvalue weighted by Gasteiger charge is 2.40. The number of urea groups is 2. The molecule has 1 aliphatic heterocycles. The second-order valence-corrected chi connectivity index (χ2v) is 6.82. The van der Waals surface area contributed by atoms with E-state index in [4.69, 9.17) is 5.73 Å². The largest absolute Gasteiger partial charge is 0.573 e. The number of rotatable bonds is 5. The van der Waals surface area contributed by atoms with Crippen LogP contribution in [-0.2, 0) is 6.54 Å². The quantitative estimate of drug-likeness (QED) is 0.740. The fourth-order valence-corrected chi connectivity index (χ4v) is 3.28. The van der Waals surface area contributed by atoms with Gasteiger partial charge in [0.2, 0.25) is 0 Å². The lowest BCUT2D eigenvalue weighted by Crippen LogP contribution is -2.49. The zero-order valence-corrected chi connectivity index (χ0v) is 14.8. The third kappa shape index (κ3) is 4.96. The number of carbonyl (C=O) groups is 2. The van der Waals surface area contributed by atoms with Gasteiger partial charge in [0.1, 0.15) is 11.6 Å². The minimum atomic E-state index is -4.91. The van der Waals surface area contributed by atoms with Crippen LogP contribution in [0.4, 0.5) is 27.2 Å². The fraction of sp³-hybridized carbons (Fsp3) is 0.529. The molecule has 4 amide bonds. The first-order valence-corrected chi connectivity index (χ1v) is 8.79. The molecule has 3 N–H and O–H groups in total. The first-order valence-electron chi connectivity index (χ1n) is 8.79. The molecule has 7 nitrogen and oxygen atoms in total. The number of hydrogen-bond acceptors (Lipinski definition) is 3. The van der Waals surface area contributed by atoms with Crippen LogP contribution in [0.2, 0.25) is 0 Å². The summed E-state index contributed by atoms with van der Waals surface area (Å²) in [6, 6.07) is 1.67. The Morgan fingerprint density at radius 2 is 1.96 bits per heavy atom. The number of primary amides is 1. The third-order valence-corrected chi connectivity index (χ3v) is 4.73. The normalized spacial score (nSPS) is 19.4. The van der Waals surface area contributed by atoms with E-state index in [1.165, 1.54) is 4.90 Å². The summed E-state index contributed by atoms with van der Waals surface area (Å²) in [6.07, 6.45) is -2.62. The number of nitrogens with zero attached hydrogens (tertiary/aromatic N) is 2. The highest BCUT2D eigenvalue weighted by molar-refractivity contribution is 5.76. The molecule has 1 saturated carbocycles. The molecule has 0 bridgehead atoms. The summed E-state index contributed by atoms with van der Waals surface area (Å²) < 4.78 is 54.2. The van der Waals surface area contributed by atoms with Crippen LogP contribution < -0.4 is 15.8 Å². The van der Waals surface area contributed by atoms with Gasteiger partial charge in [-0.3, -0.25) is 0 Å². The summed E-state index contributed by atoms with van der Waals surface area (Å²) in [5.74, 6) is -1.59. The molecule has 3 rings (SSSR count). The number of amides is 4. The molecule has 11 heteroatoms. The summed E-state index contributed by atoms with van der Waals surface area (Å²) in [4.78, 5) is 27.0. The molecule has 154 valence electrons. The topological polar surface area (TPSA) is 87.9 Å². The predicted molar refractivity (Wildman–Crippen MR) is 89.7 cm³/mol. The van der Waals surface area contributed by atoms with Crippen LogP contribution in [0.15, 0.2) is 18.2 Å². The van der Waals surface area contributed by atoms with Crippen molar-refractivity contribution >= 4 is 12.1 Å². The van der Waals surface area contributed by atoms with Crippen LogP contribution in [0.3, 0.4) is 0 Å². The van der Waals surface area contributed by atoms with Gasteiger partial charge >= 0.3 is 18.4 Å². The Balaban J connectivity index is 1.60. The minimum absolute atomic E-state index is 0.0313. The Kier molecular flexibility index (Phi) is 5.52. The lowest BCUT2D eigenvalue weighted by atomic mass is 10.2. The van der Waals surface area contributed by atoms with Gasteiger partial charge in [0.15, 0.2) is 0 Å². The molecule has 1 unspecified atom stereocenters. The van der Waals surface area contributed by atoms with E-state index in [1.54, 1.807) is 4.90 Å². The van der Waals surface area contributed by atoms with Gasteiger partial charge in [-0.25, -0.2) is 14.0 Å². The number of likely N-dealkylation sites (tertiary alicyclic amines) is 1. The zero-order valence-electron chi connectivity index (χ0n) is 14.8. The first kappa shape index (κ1) is 20.0.